The first kappa shape index (κ1) is 22.8. The van der Waals surface area contributed by atoms with Crippen molar-refractivity contribution in [3.05, 3.63) is 59.7 Å². The van der Waals surface area contributed by atoms with E-state index in [0.29, 0.717) is 0 Å². The fraction of sp³-hybridized carbons (Fsp3) is 0.423. The van der Waals surface area contributed by atoms with Crippen molar-refractivity contribution in [2.45, 2.75) is 51.1 Å². The molecule has 3 N–H and O–H groups in total. The van der Waals surface area contributed by atoms with Gasteiger partial charge in [-0.1, -0.05) is 68.8 Å². The lowest BCUT2D eigenvalue weighted by Crippen LogP contribution is -2.56. The van der Waals surface area contributed by atoms with Crippen LogP contribution in [0, 0.1) is 11.8 Å². The highest BCUT2D eigenvalue weighted by Gasteiger charge is 2.36. The van der Waals surface area contributed by atoms with Gasteiger partial charge in [0.15, 0.2) is 0 Å². The lowest BCUT2D eigenvalue weighted by Gasteiger charge is -2.33. The number of ether oxygens (including phenoxy) is 1. The van der Waals surface area contributed by atoms with E-state index in [4.69, 9.17) is 4.74 Å². The molecule has 0 aromatic heterocycles. The average molecular weight is 451 g/mol. The zero-order valence-electron chi connectivity index (χ0n) is 18.9. The van der Waals surface area contributed by atoms with Gasteiger partial charge in [0.2, 0.25) is 5.91 Å². The van der Waals surface area contributed by atoms with Gasteiger partial charge >= 0.3 is 12.1 Å². The molecule has 2 aromatic rings. The van der Waals surface area contributed by atoms with Crippen molar-refractivity contribution in [2.24, 2.45) is 11.8 Å². The molecule has 2 atom stereocenters. The van der Waals surface area contributed by atoms with Crippen LogP contribution < -0.4 is 10.6 Å². The second-order valence-electron chi connectivity index (χ2n) is 9.21. The van der Waals surface area contributed by atoms with Crippen molar-refractivity contribution in [1.82, 2.24) is 10.6 Å². The molecule has 7 heteroatoms. The largest absolute Gasteiger partial charge is 0.480 e. The smallest absolute Gasteiger partial charge is 0.407 e. The average Bonchev–Trinajstić information content (AvgIpc) is 3.07. The van der Waals surface area contributed by atoms with Crippen LogP contribution in [0.4, 0.5) is 4.79 Å². The number of carboxylic acids is 1. The zero-order valence-corrected chi connectivity index (χ0v) is 18.9. The summed E-state index contributed by atoms with van der Waals surface area (Å²) in [5.74, 6) is -1.92. The lowest BCUT2D eigenvalue weighted by molar-refractivity contribution is -0.145. The molecular formula is C26H30N2O5. The number of hydrogen-bond donors (Lipinski definition) is 3. The first-order valence-corrected chi connectivity index (χ1v) is 11.5. The Morgan fingerprint density at radius 3 is 2.03 bits per heavy atom. The monoisotopic (exact) mass is 450 g/mol. The molecule has 0 aliphatic heterocycles. The van der Waals surface area contributed by atoms with Crippen molar-refractivity contribution < 1.29 is 24.2 Å². The maximum atomic E-state index is 12.8. The Morgan fingerprint density at radius 2 is 1.55 bits per heavy atom. The molecule has 0 radical (unpaired) electrons. The molecule has 0 bridgehead atoms. The zero-order chi connectivity index (χ0) is 23.5. The number of rotatable bonds is 8. The first-order chi connectivity index (χ1) is 15.9. The van der Waals surface area contributed by atoms with Crippen LogP contribution in [0.25, 0.3) is 11.1 Å². The molecular weight excluding hydrogens is 420 g/mol. The molecule has 1 unspecified atom stereocenters. The number of carbonyl (C=O) groups excluding carboxylic acids is 2. The van der Waals surface area contributed by atoms with Crippen LogP contribution in [0.15, 0.2) is 48.5 Å². The molecule has 2 aromatic carbocycles. The van der Waals surface area contributed by atoms with Crippen LogP contribution in [-0.4, -0.2) is 41.8 Å². The first-order valence-electron chi connectivity index (χ1n) is 11.5. The van der Waals surface area contributed by atoms with Gasteiger partial charge in [-0.15, -0.1) is 0 Å². The molecule has 1 saturated carbocycles. The second-order valence-corrected chi connectivity index (χ2v) is 9.21. The topological polar surface area (TPSA) is 105 Å². The molecule has 2 amide bonds. The minimum atomic E-state index is -1.04. The summed E-state index contributed by atoms with van der Waals surface area (Å²) >= 11 is 0. The number of nitrogens with one attached hydrogen (secondary N) is 2. The Morgan fingerprint density at radius 1 is 0.970 bits per heavy atom. The Hall–Kier alpha value is -3.35. The Balaban J connectivity index is 1.40. The predicted molar refractivity (Wildman–Crippen MR) is 124 cm³/mol. The number of hydrogen-bond acceptors (Lipinski definition) is 4. The standard InChI is InChI=1S/C26H30N2O5/c1-15(2)22(24(29)27-23(25(30)31)16-8-7-9-16)28-26(32)33-14-21-19-12-5-3-10-17(19)18-11-4-6-13-20(18)21/h3-6,10-13,15-16,21-23H,7-9,14H2,1-2H3,(H,27,29)(H,28,32)(H,30,31)/t22-,23?/m1/s1. The fourth-order valence-corrected chi connectivity index (χ4v) is 4.70. The molecule has 0 spiro atoms. The van der Waals surface area contributed by atoms with Gasteiger partial charge in [-0.05, 0) is 46.9 Å². The molecule has 0 heterocycles. The number of carbonyl (C=O) groups is 3. The number of fused-ring (bicyclic) bond motifs is 3. The molecule has 4 rings (SSSR count). The summed E-state index contributed by atoms with van der Waals surface area (Å²) in [6.07, 6.45) is 1.84. The van der Waals surface area contributed by atoms with Crippen molar-refractivity contribution in [2.75, 3.05) is 6.61 Å². The third-order valence-corrected chi connectivity index (χ3v) is 6.75. The lowest BCUT2D eigenvalue weighted by atomic mass is 9.79. The number of carboxylic acid groups (broad SMARTS) is 1. The van der Waals surface area contributed by atoms with E-state index in [1.54, 1.807) is 13.8 Å². The van der Waals surface area contributed by atoms with Crippen LogP contribution >= 0.6 is 0 Å². The Bertz CT molecular complexity index is 1000. The van der Waals surface area contributed by atoms with Gasteiger partial charge in [-0.25, -0.2) is 9.59 Å². The van der Waals surface area contributed by atoms with Gasteiger partial charge in [-0.2, -0.15) is 0 Å². The maximum absolute atomic E-state index is 12.8. The number of aliphatic carboxylic acids is 1. The number of amides is 2. The van der Waals surface area contributed by atoms with Crippen LogP contribution in [0.3, 0.4) is 0 Å². The van der Waals surface area contributed by atoms with Crippen LogP contribution in [-0.2, 0) is 14.3 Å². The van der Waals surface area contributed by atoms with Crippen molar-refractivity contribution >= 4 is 18.0 Å². The van der Waals surface area contributed by atoms with Gasteiger partial charge in [0.05, 0.1) is 0 Å². The van der Waals surface area contributed by atoms with E-state index in [9.17, 15) is 19.5 Å². The van der Waals surface area contributed by atoms with E-state index in [1.807, 2.05) is 36.4 Å². The summed E-state index contributed by atoms with van der Waals surface area (Å²) in [7, 11) is 0. The molecule has 0 saturated heterocycles. The molecule has 7 nitrogen and oxygen atoms in total. The molecule has 2 aliphatic rings. The second kappa shape index (κ2) is 9.65. The molecule has 33 heavy (non-hydrogen) atoms. The minimum absolute atomic E-state index is 0.0614. The van der Waals surface area contributed by atoms with E-state index in [2.05, 4.69) is 22.8 Å². The van der Waals surface area contributed by atoms with Gasteiger partial charge in [0.1, 0.15) is 18.7 Å². The van der Waals surface area contributed by atoms with Gasteiger partial charge in [0, 0.05) is 5.92 Å². The summed E-state index contributed by atoms with van der Waals surface area (Å²) in [6, 6.07) is 14.3. The van der Waals surface area contributed by atoms with Crippen molar-refractivity contribution in [3.8, 4) is 11.1 Å². The van der Waals surface area contributed by atoms with Crippen LogP contribution in [0.2, 0.25) is 0 Å². The minimum Gasteiger partial charge on any atom is -0.480 e. The molecule has 1 fully saturated rings. The molecule has 174 valence electrons. The third-order valence-electron chi connectivity index (χ3n) is 6.75. The van der Waals surface area contributed by atoms with Crippen LogP contribution in [0.5, 0.6) is 0 Å². The maximum Gasteiger partial charge on any atom is 0.407 e. The van der Waals surface area contributed by atoms with E-state index in [1.165, 1.54) is 0 Å². The van der Waals surface area contributed by atoms with Crippen LogP contribution in [0.1, 0.15) is 50.2 Å². The normalized spacial score (nSPS) is 16.8. The summed E-state index contributed by atoms with van der Waals surface area (Å²) < 4.78 is 5.56. The van der Waals surface area contributed by atoms with Crippen molar-refractivity contribution in [1.29, 1.82) is 0 Å². The molecule has 2 aliphatic carbocycles. The Kier molecular flexibility index (Phi) is 6.67. The SMILES string of the molecule is CC(C)[C@@H](NC(=O)OCC1c2ccccc2-c2ccccc21)C(=O)NC(C(=O)O)C1CCC1. The van der Waals surface area contributed by atoms with E-state index in [-0.39, 0.29) is 24.4 Å². The summed E-state index contributed by atoms with van der Waals surface area (Å²) in [4.78, 5) is 37.1. The summed E-state index contributed by atoms with van der Waals surface area (Å²) in [6.45, 7) is 3.74. The highest BCUT2D eigenvalue weighted by atomic mass is 16.5. The van der Waals surface area contributed by atoms with Gasteiger partial charge in [0.25, 0.3) is 0 Å². The van der Waals surface area contributed by atoms with E-state index in [0.717, 1.165) is 41.5 Å². The van der Waals surface area contributed by atoms with E-state index < -0.39 is 30.1 Å². The summed E-state index contributed by atoms with van der Waals surface area (Å²) in [5, 5.41) is 14.8. The fourth-order valence-electron chi connectivity index (χ4n) is 4.70. The third kappa shape index (κ3) is 4.72. The predicted octanol–water partition coefficient (Wildman–Crippen LogP) is 3.92. The Labute approximate surface area is 193 Å². The highest BCUT2D eigenvalue weighted by molar-refractivity contribution is 5.89. The van der Waals surface area contributed by atoms with E-state index >= 15 is 0 Å². The van der Waals surface area contributed by atoms with Gasteiger partial charge in [-0.3, -0.25) is 4.79 Å². The van der Waals surface area contributed by atoms with Gasteiger partial charge < -0.3 is 20.5 Å². The quantitative estimate of drug-likeness (QED) is 0.565. The highest BCUT2D eigenvalue weighted by Crippen LogP contribution is 2.44. The van der Waals surface area contributed by atoms with Crippen molar-refractivity contribution in [3.63, 3.8) is 0 Å². The number of benzene rings is 2. The number of alkyl carbamates (subject to hydrolysis) is 1. The summed E-state index contributed by atoms with van der Waals surface area (Å²) in [5.41, 5.74) is 4.48.